The third-order valence-corrected chi connectivity index (χ3v) is 7.25. The molecule has 0 aromatic heterocycles. The van der Waals surface area contributed by atoms with Crippen LogP contribution in [-0.4, -0.2) is 69.4 Å². The van der Waals surface area contributed by atoms with Gasteiger partial charge in [-0.1, -0.05) is 42.5 Å². The maximum absolute atomic E-state index is 13.2. The molecule has 2 aromatic carbocycles. The average molecular weight is 499 g/mol. The Morgan fingerprint density at radius 3 is 2.21 bits per heavy atom. The van der Waals surface area contributed by atoms with Gasteiger partial charge in [0.1, 0.15) is 0 Å². The Kier molecular flexibility index (Phi) is 8.69. The van der Waals surface area contributed by atoms with E-state index in [0.717, 1.165) is 44.9 Å². The van der Waals surface area contributed by atoms with Crippen molar-refractivity contribution in [2.75, 3.05) is 39.3 Å². The molecular formula is C23H29F3N4O3S. The molecule has 0 unspecified atom stereocenters. The van der Waals surface area contributed by atoms with Crippen molar-refractivity contribution in [3.05, 3.63) is 65.7 Å². The monoisotopic (exact) mass is 498 g/mol. The molecule has 1 atom stereocenters. The number of halogens is 3. The molecule has 1 aliphatic rings. The second kappa shape index (κ2) is 11.3. The van der Waals surface area contributed by atoms with Crippen molar-refractivity contribution < 1.29 is 26.4 Å². The fourth-order valence-electron chi connectivity index (χ4n) is 3.79. The van der Waals surface area contributed by atoms with E-state index in [1.54, 1.807) is 0 Å². The molecule has 0 radical (unpaired) electrons. The lowest BCUT2D eigenvalue weighted by molar-refractivity contribution is -0.139. The molecule has 0 aliphatic carbocycles. The summed E-state index contributed by atoms with van der Waals surface area (Å²) in [6, 6.07) is 12.9. The van der Waals surface area contributed by atoms with Gasteiger partial charge < -0.3 is 5.32 Å². The van der Waals surface area contributed by atoms with Crippen molar-refractivity contribution in [1.29, 1.82) is 0 Å². The summed E-state index contributed by atoms with van der Waals surface area (Å²) in [7, 11) is -4.54. The highest BCUT2D eigenvalue weighted by Crippen LogP contribution is 2.33. The first kappa shape index (κ1) is 26.1. The minimum atomic E-state index is -4.83. The van der Waals surface area contributed by atoms with E-state index in [1.165, 1.54) is 18.6 Å². The van der Waals surface area contributed by atoms with Gasteiger partial charge in [-0.15, -0.1) is 0 Å². The molecule has 0 saturated carbocycles. The quantitative estimate of drug-likeness (QED) is 0.555. The molecule has 1 heterocycles. The van der Waals surface area contributed by atoms with Gasteiger partial charge in [-0.25, -0.2) is 8.42 Å². The predicted molar refractivity (Wildman–Crippen MR) is 122 cm³/mol. The van der Waals surface area contributed by atoms with Crippen LogP contribution in [0.3, 0.4) is 0 Å². The maximum atomic E-state index is 13.2. The Bertz CT molecular complexity index is 1060. The van der Waals surface area contributed by atoms with Crippen LogP contribution in [0.4, 0.5) is 13.2 Å². The standard InChI is InChI=1S/C23H29F3N4O3S/c1-18(28-34(32,33)21-10-6-5-9-20(21)23(24,25)26)22(31)27-11-12-29-13-15-30(16-14-29)17-19-7-3-2-4-8-19/h2-10,18,28H,11-17H2,1H3,(H,27,31)/t18-/m0/s1. The summed E-state index contributed by atoms with van der Waals surface area (Å²) in [6.45, 7) is 6.59. The van der Waals surface area contributed by atoms with Crippen LogP contribution in [0.5, 0.6) is 0 Å². The van der Waals surface area contributed by atoms with E-state index in [0.29, 0.717) is 19.2 Å². The number of hydrogen-bond donors (Lipinski definition) is 2. The van der Waals surface area contributed by atoms with Gasteiger partial charge in [0.25, 0.3) is 0 Å². The van der Waals surface area contributed by atoms with Gasteiger partial charge in [0.2, 0.25) is 15.9 Å². The first-order valence-corrected chi connectivity index (χ1v) is 12.5. The van der Waals surface area contributed by atoms with Crippen molar-refractivity contribution in [1.82, 2.24) is 19.8 Å². The summed E-state index contributed by atoms with van der Waals surface area (Å²) >= 11 is 0. The van der Waals surface area contributed by atoms with Crippen LogP contribution in [0.2, 0.25) is 0 Å². The zero-order valence-electron chi connectivity index (χ0n) is 18.9. The van der Waals surface area contributed by atoms with Crippen molar-refractivity contribution in [3.8, 4) is 0 Å². The van der Waals surface area contributed by atoms with Crippen LogP contribution >= 0.6 is 0 Å². The number of piperazine rings is 1. The van der Waals surface area contributed by atoms with Crippen molar-refractivity contribution in [2.45, 2.75) is 30.6 Å². The molecule has 2 aromatic rings. The minimum Gasteiger partial charge on any atom is -0.353 e. The molecule has 1 saturated heterocycles. The first-order chi connectivity index (χ1) is 16.1. The highest BCUT2D eigenvalue weighted by Gasteiger charge is 2.37. The Labute approximate surface area is 198 Å². The van der Waals surface area contributed by atoms with Crippen LogP contribution in [-0.2, 0) is 27.5 Å². The van der Waals surface area contributed by atoms with Crippen molar-refractivity contribution in [2.24, 2.45) is 0 Å². The molecular weight excluding hydrogens is 469 g/mol. The Balaban J connectivity index is 1.43. The third kappa shape index (κ3) is 7.26. The topological polar surface area (TPSA) is 81.7 Å². The number of alkyl halides is 3. The second-order valence-electron chi connectivity index (χ2n) is 8.23. The fourth-order valence-corrected chi connectivity index (χ4v) is 5.22. The maximum Gasteiger partial charge on any atom is 0.417 e. The molecule has 34 heavy (non-hydrogen) atoms. The van der Waals surface area contributed by atoms with Crippen molar-refractivity contribution in [3.63, 3.8) is 0 Å². The van der Waals surface area contributed by atoms with Gasteiger partial charge in [0.15, 0.2) is 0 Å². The number of carbonyl (C=O) groups is 1. The second-order valence-corrected chi connectivity index (χ2v) is 9.91. The number of rotatable bonds is 9. The van der Waals surface area contributed by atoms with Gasteiger partial charge in [-0.05, 0) is 24.6 Å². The first-order valence-electron chi connectivity index (χ1n) is 11.0. The zero-order valence-corrected chi connectivity index (χ0v) is 19.7. The normalized spacial score (nSPS) is 16.8. The zero-order chi connectivity index (χ0) is 24.8. The number of nitrogens with zero attached hydrogens (tertiary/aromatic N) is 2. The lowest BCUT2D eigenvalue weighted by Crippen LogP contribution is -2.50. The SMILES string of the molecule is C[C@H](NS(=O)(=O)c1ccccc1C(F)(F)F)C(=O)NCCN1CCN(Cc2ccccc2)CC1. The summed E-state index contributed by atoms with van der Waals surface area (Å²) in [6.07, 6.45) is -4.83. The van der Waals surface area contributed by atoms with Gasteiger partial charge in [-0.3, -0.25) is 14.6 Å². The number of benzene rings is 2. The summed E-state index contributed by atoms with van der Waals surface area (Å²) < 4.78 is 66.5. The third-order valence-electron chi connectivity index (χ3n) is 5.65. The van der Waals surface area contributed by atoms with Crippen molar-refractivity contribution >= 4 is 15.9 Å². The molecule has 186 valence electrons. The molecule has 11 heteroatoms. The highest BCUT2D eigenvalue weighted by molar-refractivity contribution is 7.89. The van der Waals surface area contributed by atoms with E-state index in [9.17, 15) is 26.4 Å². The van der Waals surface area contributed by atoms with Gasteiger partial charge in [0, 0.05) is 45.8 Å². The van der Waals surface area contributed by atoms with Gasteiger partial charge in [-0.2, -0.15) is 17.9 Å². The largest absolute Gasteiger partial charge is 0.417 e. The molecule has 0 spiro atoms. The number of hydrogen-bond acceptors (Lipinski definition) is 5. The van der Waals surface area contributed by atoms with Crippen LogP contribution in [0.25, 0.3) is 0 Å². The van der Waals surface area contributed by atoms with E-state index >= 15 is 0 Å². The Morgan fingerprint density at radius 2 is 1.56 bits per heavy atom. The minimum absolute atomic E-state index is 0.308. The van der Waals surface area contributed by atoms with Gasteiger partial charge >= 0.3 is 6.18 Å². The van der Waals surface area contributed by atoms with E-state index in [4.69, 9.17) is 0 Å². The number of amides is 1. The van der Waals surface area contributed by atoms with Crippen LogP contribution < -0.4 is 10.0 Å². The molecule has 1 fully saturated rings. The molecule has 1 aliphatic heterocycles. The van der Waals surface area contributed by atoms with Crippen LogP contribution in [0, 0.1) is 0 Å². The fraction of sp³-hybridized carbons (Fsp3) is 0.435. The van der Waals surface area contributed by atoms with E-state index in [1.807, 2.05) is 22.9 Å². The molecule has 2 N–H and O–H groups in total. The van der Waals surface area contributed by atoms with E-state index in [2.05, 4.69) is 27.2 Å². The molecule has 0 bridgehead atoms. The smallest absolute Gasteiger partial charge is 0.353 e. The Hall–Kier alpha value is -2.47. The van der Waals surface area contributed by atoms with E-state index < -0.39 is 38.6 Å². The van der Waals surface area contributed by atoms with Gasteiger partial charge in [0.05, 0.1) is 16.5 Å². The van der Waals surface area contributed by atoms with Crippen LogP contribution in [0.1, 0.15) is 18.1 Å². The number of sulfonamides is 1. The summed E-state index contributed by atoms with van der Waals surface area (Å²) in [4.78, 5) is 16.0. The summed E-state index contributed by atoms with van der Waals surface area (Å²) in [5.74, 6) is -0.601. The average Bonchev–Trinajstić information content (AvgIpc) is 2.80. The highest BCUT2D eigenvalue weighted by atomic mass is 32.2. The predicted octanol–water partition coefficient (Wildman–Crippen LogP) is 2.31. The molecule has 1 amide bonds. The lowest BCUT2D eigenvalue weighted by atomic mass is 10.2. The number of carbonyl (C=O) groups excluding carboxylic acids is 1. The van der Waals surface area contributed by atoms with Crippen LogP contribution in [0.15, 0.2) is 59.5 Å². The van der Waals surface area contributed by atoms with E-state index in [-0.39, 0.29) is 0 Å². The Morgan fingerprint density at radius 1 is 0.971 bits per heavy atom. The summed E-state index contributed by atoms with van der Waals surface area (Å²) in [5, 5.41) is 2.66. The lowest BCUT2D eigenvalue weighted by Gasteiger charge is -2.34. The number of nitrogens with one attached hydrogen (secondary N) is 2. The molecule has 3 rings (SSSR count). The summed E-state index contributed by atoms with van der Waals surface area (Å²) in [5.41, 5.74) is -0.0148. The molecule has 7 nitrogen and oxygen atoms in total.